The molecule has 1 fully saturated rings. The molecule has 0 atom stereocenters. The van der Waals surface area contributed by atoms with Gasteiger partial charge in [0.05, 0.1) is 5.56 Å². The van der Waals surface area contributed by atoms with Crippen molar-refractivity contribution in [3.63, 3.8) is 0 Å². The van der Waals surface area contributed by atoms with E-state index < -0.39 is 5.97 Å². The molecule has 0 aliphatic heterocycles. The van der Waals surface area contributed by atoms with E-state index in [0.29, 0.717) is 11.3 Å². The summed E-state index contributed by atoms with van der Waals surface area (Å²) in [6, 6.07) is 5.23. The Morgan fingerprint density at radius 1 is 1.47 bits per heavy atom. The number of aromatic carboxylic acids is 1. The summed E-state index contributed by atoms with van der Waals surface area (Å²) in [7, 11) is 0. The molecule has 0 radical (unpaired) electrons. The first-order valence-electron chi connectivity index (χ1n) is 6.38. The number of carboxylic acids is 1. The number of benzene rings is 1. The number of rotatable bonds is 5. The fraction of sp³-hybridized carbons (Fsp3) is 0.500. The summed E-state index contributed by atoms with van der Waals surface area (Å²) in [4.78, 5) is 11.2. The van der Waals surface area contributed by atoms with Gasteiger partial charge in [-0.25, -0.2) is 4.79 Å². The highest BCUT2D eigenvalue weighted by Crippen LogP contribution is 2.40. The SMILES string of the molecule is CSC1(CNc2cc(Br)ccc2C(=O)O)CCCC1. The minimum Gasteiger partial charge on any atom is -0.478 e. The van der Waals surface area contributed by atoms with Crippen molar-refractivity contribution in [2.24, 2.45) is 0 Å². The van der Waals surface area contributed by atoms with E-state index in [4.69, 9.17) is 0 Å². The molecule has 1 saturated carbocycles. The van der Waals surface area contributed by atoms with Gasteiger partial charge in [0.1, 0.15) is 0 Å². The van der Waals surface area contributed by atoms with Gasteiger partial charge in [0.25, 0.3) is 0 Å². The van der Waals surface area contributed by atoms with Gasteiger partial charge in [-0.2, -0.15) is 11.8 Å². The number of carboxylic acid groups (broad SMARTS) is 1. The highest BCUT2D eigenvalue weighted by Gasteiger charge is 2.32. The quantitative estimate of drug-likeness (QED) is 0.839. The third kappa shape index (κ3) is 3.45. The van der Waals surface area contributed by atoms with Crippen LogP contribution in [0.2, 0.25) is 0 Å². The molecule has 1 aliphatic rings. The van der Waals surface area contributed by atoms with Gasteiger partial charge in [-0.05, 0) is 37.3 Å². The summed E-state index contributed by atoms with van der Waals surface area (Å²) in [6.07, 6.45) is 7.10. The Morgan fingerprint density at radius 2 is 2.16 bits per heavy atom. The molecule has 1 aromatic carbocycles. The molecule has 2 rings (SSSR count). The number of hydrogen-bond donors (Lipinski definition) is 2. The van der Waals surface area contributed by atoms with Crippen LogP contribution in [0.15, 0.2) is 22.7 Å². The van der Waals surface area contributed by atoms with E-state index >= 15 is 0 Å². The first-order valence-corrected chi connectivity index (χ1v) is 8.40. The standard InChI is InChI=1S/C14H18BrNO2S/c1-19-14(6-2-3-7-14)9-16-12-8-10(15)4-5-11(12)13(17)18/h4-5,8,16H,2-3,6-7,9H2,1H3,(H,17,18). The second-order valence-electron chi connectivity index (χ2n) is 4.94. The lowest BCUT2D eigenvalue weighted by molar-refractivity contribution is 0.0698. The predicted molar refractivity (Wildman–Crippen MR) is 84.3 cm³/mol. The average Bonchev–Trinajstić information content (AvgIpc) is 2.85. The van der Waals surface area contributed by atoms with Gasteiger partial charge in [-0.15, -0.1) is 0 Å². The van der Waals surface area contributed by atoms with Gasteiger partial charge in [-0.3, -0.25) is 0 Å². The molecule has 0 spiro atoms. The van der Waals surface area contributed by atoms with Crippen molar-refractivity contribution in [1.82, 2.24) is 0 Å². The highest BCUT2D eigenvalue weighted by atomic mass is 79.9. The van der Waals surface area contributed by atoms with E-state index in [9.17, 15) is 9.90 Å². The van der Waals surface area contributed by atoms with Gasteiger partial charge in [0.2, 0.25) is 0 Å². The zero-order chi connectivity index (χ0) is 13.9. The molecule has 3 nitrogen and oxygen atoms in total. The second kappa shape index (κ2) is 6.18. The minimum absolute atomic E-state index is 0.262. The lowest BCUT2D eigenvalue weighted by Gasteiger charge is -2.28. The molecular weight excluding hydrogens is 326 g/mol. The Kier molecular flexibility index (Phi) is 4.79. The van der Waals surface area contributed by atoms with E-state index in [1.807, 2.05) is 17.8 Å². The first-order chi connectivity index (χ1) is 9.06. The molecule has 1 aromatic rings. The summed E-state index contributed by atoms with van der Waals surface area (Å²) in [5, 5.41) is 12.5. The van der Waals surface area contributed by atoms with Crippen molar-refractivity contribution in [1.29, 1.82) is 0 Å². The third-order valence-electron chi connectivity index (χ3n) is 3.76. The van der Waals surface area contributed by atoms with Crippen molar-refractivity contribution in [3.05, 3.63) is 28.2 Å². The van der Waals surface area contributed by atoms with E-state index in [2.05, 4.69) is 27.5 Å². The maximum absolute atomic E-state index is 11.2. The Morgan fingerprint density at radius 3 is 2.74 bits per heavy atom. The van der Waals surface area contributed by atoms with Crippen LogP contribution in [0.1, 0.15) is 36.0 Å². The normalized spacial score (nSPS) is 17.4. The molecule has 0 amide bonds. The number of carbonyl (C=O) groups is 1. The van der Waals surface area contributed by atoms with E-state index in [1.165, 1.54) is 25.7 Å². The summed E-state index contributed by atoms with van der Waals surface area (Å²) < 4.78 is 1.16. The van der Waals surface area contributed by atoms with Gasteiger partial charge < -0.3 is 10.4 Å². The first kappa shape index (κ1) is 14.7. The number of thioether (sulfide) groups is 1. The molecule has 1 aliphatic carbocycles. The maximum atomic E-state index is 11.2. The van der Waals surface area contributed by atoms with Crippen molar-refractivity contribution in [2.45, 2.75) is 30.4 Å². The number of halogens is 1. The highest BCUT2D eigenvalue weighted by molar-refractivity contribution is 9.10. The van der Waals surface area contributed by atoms with Crippen LogP contribution in [0, 0.1) is 0 Å². The van der Waals surface area contributed by atoms with Gasteiger partial charge in [0, 0.05) is 21.5 Å². The van der Waals surface area contributed by atoms with Crippen LogP contribution in [0.4, 0.5) is 5.69 Å². The van der Waals surface area contributed by atoms with Crippen LogP contribution in [0.3, 0.4) is 0 Å². The summed E-state index contributed by atoms with van der Waals surface area (Å²) in [5.74, 6) is -0.889. The molecule has 0 bridgehead atoms. The van der Waals surface area contributed by atoms with Crippen molar-refractivity contribution >= 4 is 39.3 Å². The molecule has 0 saturated heterocycles. The Balaban J connectivity index is 2.14. The Bertz CT molecular complexity index is 473. The molecular formula is C14H18BrNO2S. The largest absolute Gasteiger partial charge is 0.478 e. The summed E-state index contributed by atoms with van der Waals surface area (Å²) in [5.41, 5.74) is 1.03. The Labute approximate surface area is 126 Å². The predicted octanol–water partition coefficient (Wildman–Crippen LogP) is 4.24. The van der Waals surface area contributed by atoms with Crippen molar-refractivity contribution < 1.29 is 9.90 Å². The van der Waals surface area contributed by atoms with Crippen LogP contribution < -0.4 is 5.32 Å². The van der Waals surface area contributed by atoms with Crippen LogP contribution in [0.5, 0.6) is 0 Å². The van der Waals surface area contributed by atoms with E-state index in [-0.39, 0.29) is 4.75 Å². The lowest BCUT2D eigenvalue weighted by Crippen LogP contribution is -2.30. The number of anilines is 1. The fourth-order valence-corrected chi connectivity index (χ4v) is 3.85. The van der Waals surface area contributed by atoms with E-state index in [0.717, 1.165) is 11.0 Å². The van der Waals surface area contributed by atoms with Gasteiger partial charge >= 0.3 is 5.97 Å². The zero-order valence-corrected chi connectivity index (χ0v) is 13.3. The molecule has 0 aromatic heterocycles. The smallest absolute Gasteiger partial charge is 0.337 e. The zero-order valence-electron chi connectivity index (χ0n) is 10.9. The molecule has 104 valence electrons. The van der Waals surface area contributed by atoms with Crippen LogP contribution >= 0.6 is 27.7 Å². The third-order valence-corrected chi connectivity index (χ3v) is 5.67. The second-order valence-corrected chi connectivity index (χ2v) is 7.13. The average molecular weight is 344 g/mol. The van der Waals surface area contributed by atoms with Crippen LogP contribution in [0.25, 0.3) is 0 Å². The summed E-state index contributed by atoms with van der Waals surface area (Å²) >= 11 is 5.29. The topological polar surface area (TPSA) is 49.3 Å². The molecule has 5 heteroatoms. The summed E-state index contributed by atoms with van der Waals surface area (Å²) in [6.45, 7) is 0.824. The van der Waals surface area contributed by atoms with Crippen molar-refractivity contribution in [3.8, 4) is 0 Å². The number of nitrogens with one attached hydrogen (secondary N) is 1. The molecule has 0 heterocycles. The minimum atomic E-state index is -0.889. The number of hydrogen-bond acceptors (Lipinski definition) is 3. The van der Waals surface area contributed by atoms with Crippen LogP contribution in [-0.2, 0) is 0 Å². The maximum Gasteiger partial charge on any atom is 0.337 e. The van der Waals surface area contributed by atoms with Gasteiger partial charge in [-0.1, -0.05) is 28.8 Å². The van der Waals surface area contributed by atoms with Crippen LogP contribution in [-0.4, -0.2) is 28.6 Å². The lowest BCUT2D eigenvalue weighted by atomic mass is 10.1. The van der Waals surface area contributed by atoms with Crippen molar-refractivity contribution in [2.75, 3.05) is 18.1 Å². The molecule has 0 unspecified atom stereocenters. The van der Waals surface area contributed by atoms with E-state index in [1.54, 1.807) is 12.1 Å². The monoisotopic (exact) mass is 343 g/mol. The Hall–Kier alpha value is -0.680. The fourth-order valence-electron chi connectivity index (χ4n) is 2.58. The molecule has 19 heavy (non-hydrogen) atoms. The molecule has 2 N–H and O–H groups in total. The van der Waals surface area contributed by atoms with Gasteiger partial charge in [0.15, 0.2) is 0 Å².